The SMILES string of the molecule is Cc1c(C(=O)N2CCCc3sc(C(=O)O)cc3C2)cnn1-c1ccc(=O)[nH]n1. The van der Waals surface area contributed by atoms with Crippen molar-refractivity contribution in [1.82, 2.24) is 24.9 Å². The first-order chi connectivity index (χ1) is 13.4. The number of nitrogens with zero attached hydrogens (tertiary/aromatic N) is 4. The summed E-state index contributed by atoms with van der Waals surface area (Å²) in [5.41, 5.74) is 1.64. The lowest BCUT2D eigenvalue weighted by molar-refractivity contribution is 0.0701. The van der Waals surface area contributed by atoms with Crippen molar-refractivity contribution in [3.63, 3.8) is 0 Å². The third kappa shape index (κ3) is 3.22. The Bertz CT molecular complexity index is 1110. The minimum absolute atomic E-state index is 0.163. The maximum atomic E-state index is 13.1. The predicted molar refractivity (Wildman–Crippen MR) is 101 cm³/mol. The van der Waals surface area contributed by atoms with Gasteiger partial charge in [0.05, 0.1) is 17.5 Å². The lowest BCUT2D eigenvalue weighted by atomic mass is 10.2. The molecule has 2 N–H and O–H groups in total. The fourth-order valence-corrected chi connectivity index (χ4v) is 4.34. The van der Waals surface area contributed by atoms with Gasteiger partial charge in [-0.2, -0.15) is 10.2 Å². The van der Waals surface area contributed by atoms with E-state index in [1.807, 2.05) is 0 Å². The highest BCUT2D eigenvalue weighted by Gasteiger charge is 2.26. The zero-order valence-electron chi connectivity index (χ0n) is 15.0. The molecule has 4 rings (SSSR count). The first-order valence-corrected chi connectivity index (χ1v) is 9.50. The number of carbonyl (C=O) groups is 2. The average molecular weight is 399 g/mol. The zero-order valence-corrected chi connectivity index (χ0v) is 15.8. The highest BCUT2D eigenvalue weighted by atomic mass is 32.1. The van der Waals surface area contributed by atoms with Gasteiger partial charge in [-0.3, -0.25) is 9.59 Å². The van der Waals surface area contributed by atoms with Crippen LogP contribution >= 0.6 is 11.3 Å². The molecule has 3 aromatic rings. The molecular weight excluding hydrogens is 382 g/mol. The average Bonchev–Trinajstić information content (AvgIpc) is 3.19. The summed E-state index contributed by atoms with van der Waals surface area (Å²) in [4.78, 5) is 38.6. The van der Waals surface area contributed by atoms with Crippen LogP contribution in [0, 0.1) is 6.92 Å². The Morgan fingerprint density at radius 2 is 2.14 bits per heavy atom. The van der Waals surface area contributed by atoms with Gasteiger partial charge in [-0.1, -0.05) is 0 Å². The molecule has 1 aliphatic heterocycles. The molecule has 3 aromatic heterocycles. The molecule has 4 heterocycles. The Labute approximate surface area is 163 Å². The Morgan fingerprint density at radius 3 is 2.86 bits per heavy atom. The smallest absolute Gasteiger partial charge is 0.345 e. The van der Waals surface area contributed by atoms with Crippen molar-refractivity contribution < 1.29 is 14.7 Å². The van der Waals surface area contributed by atoms with Crippen molar-refractivity contribution in [3.05, 3.63) is 61.3 Å². The maximum absolute atomic E-state index is 13.1. The lowest BCUT2D eigenvalue weighted by Crippen LogP contribution is -2.31. The Kier molecular flexibility index (Phi) is 4.55. The molecule has 9 nitrogen and oxygen atoms in total. The van der Waals surface area contributed by atoms with Crippen LogP contribution in [0.5, 0.6) is 0 Å². The van der Waals surface area contributed by atoms with Crippen LogP contribution < -0.4 is 5.56 Å². The van der Waals surface area contributed by atoms with Crippen LogP contribution in [0.3, 0.4) is 0 Å². The highest BCUT2D eigenvalue weighted by molar-refractivity contribution is 7.14. The van der Waals surface area contributed by atoms with Gasteiger partial charge in [0.25, 0.3) is 11.5 Å². The van der Waals surface area contributed by atoms with Gasteiger partial charge in [0.15, 0.2) is 5.82 Å². The number of H-pyrrole nitrogens is 1. The number of fused-ring (bicyclic) bond motifs is 1. The molecule has 0 unspecified atom stereocenters. The minimum Gasteiger partial charge on any atom is -0.477 e. The monoisotopic (exact) mass is 399 g/mol. The summed E-state index contributed by atoms with van der Waals surface area (Å²) in [6.45, 7) is 2.73. The summed E-state index contributed by atoms with van der Waals surface area (Å²) in [7, 11) is 0. The number of aryl methyl sites for hydroxylation is 1. The number of carboxylic acids is 1. The molecule has 1 amide bonds. The second-order valence-electron chi connectivity index (χ2n) is 6.53. The molecule has 0 fully saturated rings. The van der Waals surface area contributed by atoms with E-state index in [0.717, 1.165) is 23.3 Å². The number of aromatic carboxylic acids is 1. The summed E-state index contributed by atoms with van der Waals surface area (Å²) in [6.07, 6.45) is 3.02. The van der Waals surface area contributed by atoms with E-state index < -0.39 is 5.97 Å². The topological polar surface area (TPSA) is 121 Å². The van der Waals surface area contributed by atoms with E-state index in [1.165, 1.54) is 34.3 Å². The third-order valence-corrected chi connectivity index (χ3v) is 5.93. The molecule has 28 heavy (non-hydrogen) atoms. The third-order valence-electron chi connectivity index (χ3n) is 4.71. The number of thiophene rings is 1. The number of aromatic nitrogens is 4. The van der Waals surface area contributed by atoms with Gasteiger partial charge >= 0.3 is 5.97 Å². The number of aromatic amines is 1. The van der Waals surface area contributed by atoms with E-state index in [9.17, 15) is 19.5 Å². The standard InChI is InChI=1S/C18H17N5O4S/c1-10-12(8-19-23(10)15-4-5-16(24)21-20-15)17(25)22-6-2-3-13-11(9-22)7-14(28-13)18(26)27/h4-5,7-8H,2-3,6,9H2,1H3,(H,21,24)(H,26,27). The summed E-state index contributed by atoms with van der Waals surface area (Å²) in [6, 6.07) is 4.54. The second kappa shape index (κ2) is 7.04. The number of rotatable bonds is 3. The Balaban J connectivity index is 1.61. The van der Waals surface area contributed by atoms with E-state index in [4.69, 9.17) is 0 Å². The Morgan fingerprint density at radius 1 is 1.32 bits per heavy atom. The van der Waals surface area contributed by atoms with Crippen molar-refractivity contribution in [2.75, 3.05) is 6.54 Å². The molecule has 0 saturated carbocycles. The summed E-state index contributed by atoms with van der Waals surface area (Å²) in [5.74, 6) is -0.691. The number of hydrogen-bond acceptors (Lipinski definition) is 6. The molecule has 0 radical (unpaired) electrons. The van der Waals surface area contributed by atoms with E-state index in [1.54, 1.807) is 17.9 Å². The molecular formula is C18H17N5O4S. The molecule has 1 aliphatic rings. The van der Waals surface area contributed by atoms with Crippen molar-refractivity contribution >= 4 is 23.2 Å². The van der Waals surface area contributed by atoms with Gasteiger partial charge in [-0.15, -0.1) is 11.3 Å². The van der Waals surface area contributed by atoms with Crippen molar-refractivity contribution in [2.24, 2.45) is 0 Å². The molecule has 0 aromatic carbocycles. The highest BCUT2D eigenvalue weighted by Crippen LogP contribution is 2.29. The van der Waals surface area contributed by atoms with E-state index in [0.29, 0.717) is 35.0 Å². The lowest BCUT2D eigenvalue weighted by Gasteiger charge is -2.20. The van der Waals surface area contributed by atoms with Crippen molar-refractivity contribution in [1.29, 1.82) is 0 Å². The van der Waals surface area contributed by atoms with Crippen LogP contribution in [0.2, 0.25) is 0 Å². The minimum atomic E-state index is -0.943. The van der Waals surface area contributed by atoms with Gasteiger partial charge in [-0.05, 0) is 37.5 Å². The van der Waals surface area contributed by atoms with Crippen molar-refractivity contribution in [2.45, 2.75) is 26.3 Å². The van der Waals surface area contributed by atoms with Gasteiger partial charge in [-0.25, -0.2) is 14.6 Å². The summed E-state index contributed by atoms with van der Waals surface area (Å²) >= 11 is 1.28. The second-order valence-corrected chi connectivity index (χ2v) is 7.67. The molecule has 10 heteroatoms. The molecule has 0 atom stereocenters. The van der Waals surface area contributed by atoms with Crippen LogP contribution in [0.15, 0.2) is 29.2 Å². The van der Waals surface area contributed by atoms with E-state index in [-0.39, 0.29) is 11.5 Å². The number of carboxylic acid groups (broad SMARTS) is 1. The van der Waals surface area contributed by atoms with Gasteiger partial charge in [0, 0.05) is 24.0 Å². The van der Waals surface area contributed by atoms with Crippen LogP contribution in [-0.4, -0.2) is 48.4 Å². The molecule has 0 bridgehead atoms. The zero-order chi connectivity index (χ0) is 19.8. The first-order valence-electron chi connectivity index (χ1n) is 8.69. The fourth-order valence-electron chi connectivity index (χ4n) is 3.28. The van der Waals surface area contributed by atoms with Crippen LogP contribution in [0.1, 0.15) is 42.6 Å². The number of hydrogen-bond donors (Lipinski definition) is 2. The predicted octanol–water partition coefficient (Wildman–Crippen LogP) is 1.61. The summed E-state index contributed by atoms with van der Waals surface area (Å²) in [5, 5.41) is 19.7. The summed E-state index contributed by atoms with van der Waals surface area (Å²) < 4.78 is 1.50. The number of amides is 1. The molecule has 0 spiro atoms. The van der Waals surface area contributed by atoms with E-state index >= 15 is 0 Å². The fraction of sp³-hybridized carbons (Fsp3) is 0.278. The van der Waals surface area contributed by atoms with Gasteiger partial charge in [0.1, 0.15) is 4.88 Å². The molecule has 0 saturated heterocycles. The van der Waals surface area contributed by atoms with Gasteiger partial charge in [0.2, 0.25) is 0 Å². The first kappa shape index (κ1) is 18.1. The largest absolute Gasteiger partial charge is 0.477 e. The van der Waals surface area contributed by atoms with E-state index in [2.05, 4.69) is 15.3 Å². The van der Waals surface area contributed by atoms with Crippen LogP contribution in [0.4, 0.5) is 0 Å². The quantitative estimate of drug-likeness (QED) is 0.690. The maximum Gasteiger partial charge on any atom is 0.345 e. The Hall–Kier alpha value is -3.27. The molecule has 0 aliphatic carbocycles. The molecule has 144 valence electrons. The van der Waals surface area contributed by atoms with Crippen molar-refractivity contribution in [3.8, 4) is 5.82 Å². The number of carbonyl (C=O) groups excluding carboxylic acids is 1. The van der Waals surface area contributed by atoms with Crippen LogP contribution in [0.25, 0.3) is 5.82 Å². The van der Waals surface area contributed by atoms with Gasteiger partial charge < -0.3 is 10.0 Å². The number of nitrogens with one attached hydrogen (secondary N) is 1. The normalized spacial score (nSPS) is 13.8. The van der Waals surface area contributed by atoms with Crippen LogP contribution in [-0.2, 0) is 13.0 Å².